The molecule has 1 aromatic heterocycles. The SMILES string of the molecule is CCCc1cc(=O)[nH]c2cc(NC(=O)Cc3ccc(-c4ccccc4)cc3)ccc12. The first-order valence-electron chi connectivity index (χ1n) is 10.2. The molecule has 1 heterocycles. The van der Waals surface area contributed by atoms with Gasteiger partial charge in [-0.2, -0.15) is 0 Å². The molecular formula is C26H24N2O2. The Bertz CT molecular complexity index is 1230. The number of rotatable bonds is 6. The highest BCUT2D eigenvalue weighted by atomic mass is 16.1. The molecule has 0 aliphatic carbocycles. The number of aromatic nitrogens is 1. The van der Waals surface area contributed by atoms with E-state index in [0.29, 0.717) is 12.1 Å². The van der Waals surface area contributed by atoms with E-state index in [9.17, 15) is 9.59 Å². The molecule has 2 N–H and O–H groups in total. The molecule has 3 aromatic carbocycles. The Kier molecular flexibility index (Phi) is 5.75. The molecule has 0 spiro atoms. The molecule has 4 nitrogen and oxygen atoms in total. The maximum absolute atomic E-state index is 12.5. The zero-order chi connectivity index (χ0) is 20.9. The topological polar surface area (TPSA) is 62.0 Å². The molecule has 0 radical (unpaired) electrons. The van der Waals surface area contributed by atoms with Gasteiger partial charge in [0.05, 0.1) is 11.9 Å². The lowest BCUT2D eigenvalue weighted by Crippen LogP contribution is -2.14. The normalized spacial score (nSPS) is 10.8. The van der Waals surface area contributed by atoms with Crippen LogP contribution in [0.25, 0.3) is 22.0 Å². The number of H-pyrrole nitrogens is 1. The standard InChI is InChI=1S/C26H24N2O2/c1-2-6-21-16-26(30)28-24-17-22(13-14-23(21)24)27-25(29)15-18-9-11-20(12-10-18)19-7-4-3-5-8-19/h3-5,7-14,16-17H,2,6,15H2,1H3,(H,27,29)(H,28,30). The third kappa shape index (κ3) is 4.49. The first-order valence-corrected chi connectivity index (χ1v) is 10.2. The van der Waals surface area contributed by atoms with Gasteiger partial charge in [0.2, 0.25) is 11.5 Å². The van der Waals surface area contributed by atoms with Crippen molar-refractivity contribution < 1.29 is 4.79 Å². The average molecular weight is 396 g/mol. The predicted octanol–water partition coefficient (Wildman–Crippen LogP) is 5.33. The largest absolute Gasteiger partial charge is 0.326 e. The first-order chi connectivity index (χ1) is 14.6. The first kappa shape index (κ1) is 19.6. The van der Waals surface area contributed by atoms with Gasteiger partial charge < -0.3 is 10.3 Å². The van der Waals surface area contributed by atoms with Gasteiger partial charge in [0.15, 0.2) is 0 Å². The minimum Gasteiger partial charge on any atom is -0.326 e. The lowest BCUT2D eigenvalue weighted by molar-refractivity contribution is -0.115. The number of fused-ring (bicyclic) bond motifs is 1. The number of carbonyl (C=O) groups is 1. The molecular weight excluding hydrogens is 372 g/mol. The monoisotopic (exact) mass is 396 g/mol. The Hall–Kier alpha value is -3.66. The quantitative estimate of drug-likeness (QED) is 0.463. The number of carbonyl (C=O) groups excluding carboxylic acids is 1. The molecule has 0 fully saturated rings. The molecule has 150 valence electrons. The molecule has 4 aromatic rings. The van der Waals surface area contributed by atoms with Crippen molar-refractivity contribution in [2.24, 2.45) is 0 Å². The van der Waals surface area contributed by atoms with Gasteiger partial charge in [-0.3, -0.25) is 9.59 Å². The summed E-state index contributed by atoms with van der Waals surface area (Å²) in [4.78, 5) is 27.3. The van der Waals surface area contributed by atoms with Crippen molar-refractivity contribution in [2.75, 3.05) is 5.32 Å². The number of nitrogens with one attached hydrogen (secondary N) is 2. The summed E-state index contributed by atoms with van der Waals surface area (Å²) in [6.07, 6.45) is 2.12. The van der Waals surface area contributed by atoms with Gasteiger partial charge in [-0.15, -0.1) is 0 Å². The summed E-state index contributed by atoms with van der Waals surface area (Å²) in [5.41, 5.74) is 5.57. The number of amides is 1. The van der Waals surface area contributed by atoms with Crippen molar-refractivity contribution in [3.63, 3.8) is 0 Å². The highest BCUT2D eigenvalue weighted by Crippen LogP contribution is 2.22. The van der Waals surface area contributed by atoms with E-state index in [1.165, 1.54) is 0 Å². The van der Waals surface area contributed by atoms with Gasteiger partial charge in [-0.25, -0.2) is 0 Å². The molecule has 0 unspecified atom stereocenters. The van der Waals surface area contributed by atoms with E-state index in [0.717, 1.165) is 46.0 Å². The third-order valence-corrected chi connectivity index (χ3v) is 5.16. The molecule has 0 bridgehead atoms. The Morgan fingerprint density at radius 3 is 2.37 bits per heavy atom. The van der Waals surface area contributed by atoms with Gasteiger partial charge in [0, 0.05) is 17.1 Å². The lowest BCUT2D eigenvalue weighted by Gasteiger charge is -2.09. The molecule has 0 atom stereocenters. The number of benzene rings is 3. The van der Waals surface area contributed by atoms with E-state index in [1.807, 2.05) is 60.7 Å². The summed E-state index contributed by atoms with van der Waals surface area (Å²) >= 11 is 0. The fourth-order valence-corrected chi connectivity index (χ4v) is 3.72. The Labute approximate surface area is 175 Å². The number of hydrogen-bond donors (Lipinski definition) is 2. The maximum atomic E-state index is 12.5. The van der Waals surface area contributed by atoms with Crippen molar-refractivity contribution >= 4 is 22.5 Å². The van der Waals surface area contributed by atoms with Gasteiger partial charge >= 0.3 is 0 Å². The number of hydrogen-bond acceptors (Lipinski definition) is 2. The zero-order valence-corrected chi connectivity index (χ0v) is 16.9. The number of aromatic amines is 1. The van der Waals surface area contributed by atoms with Gasteiger partial charge in [0.1, 0.15) is 0 Å². The van der Waals surface area contributed by atoms with Crippen LogP contribution in [0.15, 0.2) is 83.7 Å². The maximum Gasteiger partial charge on any atom is 0.248 e. The van der Waals surface area contributed by atoms with Crippen molar-refractivity contribution in [3.05, 3.63) is 100 Å². The third-order valence-electron chi connectivity index (χ3n) is 5.16. The molecule has 1 amide bonds. The lowest BCUT2D eigenvalue weighted by atomic mass is 10.0. The van der Waals surface area contributed by atoms with E-state index >= 15 is 0 Å². The second-order valence-electron chi connectivity index (χ2n) is 7.46. The summed E-state index contributed by atoms with van der Waals surface area (Å²) in [5.74, 6) is -0.0890. The van der Waals surface area contributed by atoms with Crippen molar-refractivity contribution in [1.82, 2.24) is 4.98 Å². The van der Waals surface area contributed by atoms with Crippen LogP contribution in [-0.4, -0.2) is 10.9 Å². The van der Waals surface area contributed by atoms with E-state index < -0.39 is 0 Å². The van der Waals surface area contributed by atoms with Crippen LogP contribution in [0.1, 0.15) is 24.5 Å². The van der Waals surface area contributed by atoms with Crippen LogP contribution in [0.2, 0.25) is 0 Å². The average Bonchev–Trinajstić information content (AvgIpc) is 2.75. The molecule has 0 aliphatic heterocycles. The van der Waals surface area contributed by atoms with E-state index in [4.69, 9.17) is 0 Å². The number of aryl methyl sites for hydroxylation is 1. The van der Waals surface area contributed by atoms with Crippen LogP contribution in [0, 0.1) is 0 Å². The van der Waals surface area contributed by atoms with Crippen LogP contribution in [0.5, 0.6) is 0 Å². The summed E-state index contributed by atoms with van der Waals surface area (Å²) in [6.45, 7) is 2.09. The minimum absolute atomic E-state index is 0.0890. The fourth-order valence-electron chi connectivity index (χ4n) is 3.72. The Morgan fingerprint density at radius 2 is 1.63 bits per heavy atom. The highest BCUT2D eigenvalue weighted by molar-refractivity contribution is 5.95. The summed E-state index contributed by atoms with van der Waals surface area (Å²) in [6, 6.07) is 25.5. The van der Waals surface area contributed by atoms with Crippen LogP contribution in [-0.2, 0) is 17.6 Å². The van der Waals surface area contributed by atoms with Crippen molar-refractivity contribution in [1.29, 1.82) is 0 Å². The molecule has 4 rings (SSSR count). The van der Waals surface area contributed by atoms with Crippen LogP contribution in [0.3, 0.4) is 0 Å². The molecule has 0 saturated carbocycles. The van der Waals surface area contributed by atoms with E-state index in [-0.39, 0.29) is 11.5 Å². The highest BCUT2D eigenvalue weighted by Gasteiger charge is 2.08. The Morgan fingerprint density at radius 1 is 0.900 bits per heavy atom. The summed E-state index contributed by atoms with van der Waals surface area (Å²) in [5, 5.41) is 3.96. The van der Waals surface area contributed by atoms with Gasteiger partial charge in [-0.05, 0) is 40.8 Å². The van der Waals surface area contributed by atoms with Crippen molar-refractivity contribution in [3.8, 4) is 11.1 Å². The van der Waals surface area contributed by atoms with Crippen LogP contribution >= 0.6 is 0 Å². The second-order valence-corrected chi connectivity index (χ2v) is 7.46. The zero-order valence-electron chi connectivity index (χ0n) is 16.9. The molecule has 0 aliphatic rings. The summed E-state index contributed by atoms with van der Waals surface area (Å²) in [7, 11) is 0. The summed E-state index contributed by atoms with van der Waals surface area (Å²) < 4.78 is 0. The Balaban J connectivity index is 1.47. The van der Waals surface area contributed by atoms with Crippen molar-refractivity contribution in [2.45, 2.75) is 26.2 Å². The van der Waals surface area contributed by atoms with Crippen LogP contribution < -0.4 is 10.9 Å². The number of anilines is 1. The fraction of sp³-hybridized carbons (Fsp3) is 0.154. The molecule has 4 heteroatoms. The second kappa shape index (κ2) is 8.78. The smallest absolute Gasteiger partial charge is 0.248 e. The minimum atomic E-state index is -0.118. The van der Waals surface area contributed by atoms with E-state index in [2.05, 4.69) is 29.4 Å². The van der Waals surface area contributed by atoms with Gasteiger partial charge in [-0.1, -0.05) is 74.0 Å². The van der Waals surface area contributed by atoms with Crippen LogP contribution in [0.4, 0.5) is 5.69 Å². The molecule has 30 heavy (non-hydrogen) atoms. The predicted molar refractivity (Wildman–Crippen MR) is 123 cm³/mol. The van der Waals surface area contributed by atoms with E-state index in [1.54, 1.807) is 6.07 Å². The van der Waals surface area contributed by atoms with Gasteiger partial charge in [0.25, 0.3) is 0 Å². The molecule has 0 saturated heterocycles. The number of pyridine rings is 1.